The molecule has 1 atom stereocenters. The minimum Gasteiger partial charge on any atom is -0.465 e. The van der Waals surface area contributed by atoms with E-state index in [0.29, 0.717) is 22.3 Å². The summed E-state index contributed by atoms with van der Waals surface area (Å²) in [6.07, 6.45) is -5.80. The van der Waals surface area contributed by atoms with Crippen molar-refractivity contribution in [1.82, 2.24) is 9.88 Å². The van der Waals surface area contributed by atoms with Gasteiger partial charge in [-0.1, -0.05) is 11.6 Å². The molecule has 0 spiro atoms. The second-order valence-electron chi connectivity index (χ2n) is 7.96. The molecule has 8 nitrogen and oxygen atoms in total. The molecule has 0 radical (unpaired) electrons. The summed E-state index contributed by atoms with van der Waals surface area (Å²) in [6.45, 7) is -0.756. The van der Waals surface area contributed by atoms with Crippen LogP contribution in [0.15, 0.2) is 18.2 Å². The number of nitrogens with zero attached hydrogens (tertiary/aromatic N) is 4. The van der Waals surface area contributed by atoms with Gasteiger partial charge in [-0.05, 0) is 43.0 Å². The fraction of sp³-hybridized carbons (Fsp3) is 0.333. The van der Waals surface area contributed by atoms with Gasteiger partial charge in [0.05, 0.1) is 17.8 Å². The number of hydrogen-bond acceptors (Lipinski definition) is 4. The molecule has 2 aromatic rings. The van der Waals surface area contributed by atoms with Gasteiger partial charge in [0.1, 0.15) is 22.7 Å². The minimum atomic E-state index is -4.79. The molecule has 1 aromatic heterocycles. The summed E-state index contributed by atoms with van der Waals surface area (Å²) in [6, 6.07) is -0.674. The number of pyridine rings is 1. The van der Waals surface area contributed by atoms with E-state index in [-0.39, 0.29) is 29.0 Å². The molecule has 0 saturated carbocycles. The fourth-order valence-electron chi connectivity index (χ4n) is 4.22. The Hall–Kier alpha value is -3.48. The highest BCUT2D eigenvalue weighted by Crippen LogP contribution is 2.40. The van der Waals surface area contributed by atoms with E-state index in [1.807, 2.05) is 0 Å². The number of urea groups is 1. The first-order chi connectivity index (χ1) is 16.3. The molecule has 4 amide bonds. The van der Waals surface area contributed by atoms with Crippen molar-refractivity contribution in [2.75, 3.05) is 23.4 Å². The van der Waals surface area contributed by atoms with Gasteiger partial charge in [-0.2, -0.15) is 13.2 Å². The van der Waals surface area contributed by atoms with Crippen molar-refractivity contribution < 1.29 is 41.4 Å². The van der Waals surface area contributed by atoms with Crippen LogP contribution in [0, 0.1) is 11.6 Å². The summed E-state index contributed by atoms with van der Waals surface area (Å²) >= 11 is 5.56. The standard InChI is InChI=1S/C21H16ClF5N4O4/c1-29(13-6-5-11(23)16(22)17(13)24)18(32)14-8-30(20(34)35)19(33)31(14)15-7-10(21(25,26)27)9-3-2-4-12(9)28-15/h5-7,14H,2-4,8H2,1H3,(H,34,35)/t14-/m0/s1. The first-order valence-corrected chi connectivity index (χ1v) is 10.6. The number of carbonyl (C=O) groups excluding carboxylic acids is 2. The van der Waals surface area contributed by atoms with Crippen LogP contribution < -0.4 is 9.80 Å². The van der Waals surface area contributed by atoms with Crippen LogP contribution in [0.5, 0.6) is 0 Å². The third-order valence-corrected chi connectivity index (χ3v) is 6.26. The third-order valence-electron chi connectivity index (χ3n) is 5.92. The van der Waals surface area contributed by atoms with Crippen molar-refractivity contribution in [3.8, 4) is 0 Å². The highest BCUT2D eigenvalue weighted by atomic mass is 35.5. The van der Waals surface area contributed by atoms with Gasteiger partial charge in [-0.15, -0.1) is 0 Å². The van der Waals surface area contributed by atoms with Crippen LogP contribution in [0.4, 0.5) is 43.0 Å². The van der Waals surface area contributed by atoms with Crippen LogP contribution in [0.25, 0.3) is 0 Å². The summed E-state index contributed by atoms with van der Waals surface area (Å²) in [7, 11) is 1.07. The maximum atomic E-state index is 14.5. The van der Waals surface area contributed by atoms with Gasteiger partial charge in [-0.25, -0.2) is 28.3 Å². The number of aromatic nitrogens is 1. The normalized spacial score (nSPS) is 17.7. The number of imide groups is 1. The number of rotatable bonds is 3. The Morgan fingerprint density at radius 3 is 2.54 bits per heavy atom. The number of anilines is 2. The van der Waals surface area contributed by atoms with Crippen molar-refractivity contribution >= 4 is 41.1 Å². The highest BCUT2D eigenvalue weighted by molar-refractivity contribution is 6.31. The number of benzene rings is 1. The third kappa shape index (κ3) is 4.13. The predicted molar refractivity (Wildman–Crippen MR) is 112 cm³/mol. The molecule has 2 aliphatic rings. The molecular formula is C21H16ClF5N4O4. The summed E-state index contributed by atoms with van der Waals surface area (Å²) < 4.78 is 69.3. The van der Waals surface area contributed by atoms with E-state index in [2.05, 4.69) is 4.98 Å². The first kappa shape index (κ1) is 24.6. The summed E-state index contributed by atoms with van der Waals surface area (Å²) in [4.78, 5) is 43.3. The summed E-state index contributed by atoms with van der Waals surface area (Å²) in [5.41, 5.74) is -1.45. The van der Waals surface area contributed by atoms with E-state index in [9.17, 15) is 41.4 Å². The molecule has 1 aliphatic heterocycles. The summed E-state index contributed by atoms with van der Waals surface area (Å²) in [5, 5.41) is 8.49. The molecule has 1 saturated heterocycles. The number of hydrogen-bond donors (Lipinski definition) is 1. The van der Waals surface area contributed by atoms with Crippen LogP contribution in [0.1, 0.15) is 23.2 Å². The zero-order valence-electron chi connectivity index (χ0n) is 17.9. The van der Waals surface area contributed by atoms with E-state index in [1.54, 1.807) is 0 Å². The molecule has 0 bridgehead atoms. The Bertz CT molecular complexity index is 1260. The zero-order chi connectivity index (χ0) is 25.8. The van der Waals surface area contributed by atoms with E-state index in [4.69, 9.17) is 11.6 Å². The molecule has 1 N–H and O–H groups in total. The van der Waals surface area contributed by atoms with Gasteiger partial charge >= 0.3 is 18.3 Å². The Kier molecular flexibility index (Phi) is 6.07. The van der Waals surface area contributed by atoms with Crippen molar-refractivity contribution in [2.45, 2.75) is 31.5 Å². The van der Waals surface area contributed by atoms with Crippen LogP contribution in [-0.2, 0) is 23.8 Å². The molecule has 1 aliphatic carbocycles. The Morgan fingerprint density at radius 1 is 1.23 bits per heavy atom. The average molecular weight is 519 g/mol. The van der Waals surface area contributed by atoms with Gasteiger partial charge in [0.15, 0.2) is 5.82 Å². The van der Waals surface area contributed by atoms with E-state index >= 15 is 0 Å². The van der Waals surface area contributed by atoms with Crippen molar-refractivity contribution in [3.05, 3.63) is 51.7 Å². The molecule has 0 unspecified atom stereocenters. The summed E-state index contributed by atoms with van der Waals surface area (Å²) in [5.74, 6) is -4.00. The molecule has 1 fully saturated rings. The quantitative estimate of drug-likeness (QED) is 0.478. The lowest BCUT2D eigenvalue weighted by molar-refractivity contribution is -0.138. The number of likely N-dealkylation sites (N-methyl/N-ethyl adjacent to an activating group) is 1. The topological polar surface area (TPSA) is 94.1 Å². The molecule has 186 valence electrons. The Labute approximate surface area is 199 Å². The van der Waals surface area contributed by atoms with Gasteiger partial charge in [0.2, 0.25) is 0 Å². The Morgan fingerprint density at radius 2 is 1.91 bits per heavy atom. The predicted octanol–water partition coefficient (Wildman–Crippen LogP) is 4.47. The maximum absolute atomic E-state index is 14.5. The number of fused-ring (bicyclic) bond motifs is 1. The molecule has 1 aromatic carbocycles. The molecular weight excluding hydrogens is 503 g/mol. The van der Waals surface area contributed by atoms with Crippen LogP contribution in [0.2, 0.25) is 5.02 Å². The van der Waals surface area contributed by atoms with E-state index in [0.717, 1.165) is 19.2 Å². The zero-order valence-corrected chi connectivity index (χ0v) is 18.6. The number of carbonyl (C=O) groups is 3. The number of carboxylic acid groups (broad SMARTS) is 1. The number of alkyl halides is 3. The molecule has 14 heteroatoms. The van der Waals surface area contributed by atoms with Crippen molar-refractivity contribution in [2.24, 2.45) is 0 Å². The molecule has 35 heavy (non-hydrogen) atoms. The average Bonchev–Trinajstić information content (AvgIpc) is 3.39. The number of amides is 4. The lowest BCUT2D eigenvalue weighted by Crippen LogP contribution is -2.47. The SMILES string of the molecule is CN(C(=O)[C@@H]1CN(C(=O)O)C(=O)N1c1cc(C(F)(F)F)c2c(n1)CCC2)c1ccc(F)c(Cl)c1F. The largest absolute Gasteiger partial charge is 0.465 e. The van der Waals surface area contributed by atoms with Crippen LogP contribution >= 0.6 is 11.6 Å². The van der Waals surface area contributed by atoms with E-state index < -0.39 is 70.5 Å². The van der Waals surface area contributed by atoms with E-state index in [1.165, 1.54) is 0 Å². The smallest absolute Gasteiger partial charge is 0.416 e. The molecule has 2 heterocycles. The lowest BCUT2D eigenvalue weighted by atomic mass is 10.1. The van der Waals surface area contributed by atoms with Gasteiger partial charge in [0, 0.05) is 12.7 Å². The number of aryl methyl sites for hydroxylation is 1. The van der Waals surface area contributed by atoms with Crippen LogP contribution in [0.3, 0.4) is 0 Å². The van der Waals surface area contributed by atoms with Crippen LogP contribution in [-0.4, -0.2) is 52.7 Å². The highest BCUT2D eigenvalue weighted by Gasteiger charge is 2.48. The minimum absolute atomic E-state index is 0.0222. The van der Waals surface area contributed by atoms with Gasteiger partial charge in [0.25, 0.3) is 5.91 Å². The number of halogens is 6. The lowest BCUT2D eigenvalue weighted by Gasteiger charge is -2.27. The maximum Gasteiger partial charge on any atom is 0.416 e. The monoisotopic (exact) mass is 518 g/mol. The van der Waals surface area contributed by atoms with Crippen molar-refractivity contribution in [3.63, 3.8) is 0 Å². The van der Waals surface area contributed by atoms with Crippen molar-refractivity contribution in [1.29, 1.82) is 0 Å². The second kappa shape index (κ2) is 8.63. The molecule has 4 rings (SSSR count). The second-order valence-corrected chi connectivity index (χ2v) is 8.34. The van der Waals surface area contributed by atoms with Gasteiger partial charge < -0.3 is 10.0 Å². The fourth-order valence-corrected chi connectivity index (χ4v) is 4.38. The Balaban J connectivity index is 1.80. The first-order valence-electron chi connectivity index (χ1n) is 10.2. The van der Waals surface area contributed by atoms with Gasteiger partial charge in [-0.3, -0.25) is 9.69 Å².